The van der Waals surface area contributed by atoms with Crippen molar-refractivity contribution in [1.29, 1.82) is 0 Å². The minimum atomic E-state index is -2.71. The summed E-state index contributed by atoms with van der Waals surface area (Å²) in [7, 11) is 1.50. The van der Waals surface area contributed by atoms with Crippen molar-refractivity contribution >= 4 is 5.91 Å². The van der Waals surface area contributed by atoms with Gasteiger partial charge in [-0.3, -0.25) is 9.48 Å². The molecule has 1 aromatic rings. The van der Waals surface area contributed by atoms with Gasteiger partial charge in [0.2, 0.25) is 0 Å². The third kappa shape index (κ3) is 2.08. The topological polar surface area (TPSA) is 46.9 Å². The van der Waals surface area contributed by atoms with Crippen LogP contribution in [0.15, 0.2) is 18.3 Å². The molecule has 1 heterocycles. The first-order valence-electron chi connectivity index (χ1n) is 7.53. The summed E-state index contributed by atoms with van der Waals surface area (Å²) in [5, 5.41) is 6.64. The van der Waals surface area contributed by atoms with E-state index < -0.39 is 12.3 Å². The summed E-state index contributed by atoms with van der Waals surface area (Å²) in [5.74, 6) is 0.451. The van der Waals surface area contributed by atoms with E-state index in [0.29, 0.717) is 11.8 Å². The minimum absolute atomic E-state index is 0.0682. The van der Waals surface area contributed by atoms with Crippen LogP contribution in [0.25, 0.3) is 0 Å². The van der Waals surface area contributed by atoms with E-state index in [0.717, 1.165) is 24.6 Å². The molecule has 0 spiro atoms. The van der Waals surface area contributed by atoms with Gasteiger partial charge in [0.05, 0.1) is 17.8 Å². The number of amides is 1. The van der Waals surface area contributed by atoms with Crippen LogP contribution in [-0.4, -0.2) is 21.7 Å². The molecule has 3 atom stereocenters. The van der Waals surface area contributed by atoms with Gasteiger partial charge in [0.15, 0.2) is 0 Å². The van der Waals surface area contributed by atoms with Crippen molar-refractivity contribution in [3.63, 3.8) is 0 Å². The lowest BCUT2D eigenvalue weighted by Gasteiger charge is -2.60. The molecule has 4 rings (SSSR count). The van der Waals surface area contributed by atoms with Crippen molar-refractivity contribution in [3.8, 4) is 0 Å². The van der Waals surface area contributed by atoms with Crippen LogP contribution in [0.3, 0.4) is 0 Å². The molecule has 1 aromatic heterocycles. The summed E-state index contributed by atoms with van der Waals surface area (Å²) in [6, 6.07) is -0.135. The van der Waals surface area contributed by atoms with Crippen LogP contribution in [0, 0.1) is 17.3 Å². The summed E-state index contributed by atoms with van der Waals surface area (Å²) < 4.78 is 27.2. The molecule has 0 radical (unpaired) electrons. The zero-order chi connectivity index (χ0) is 16.2. The molecule has 2 bridgehead atoms. The molecule has 3 saturated carbocycles. The molecule has 0 saturated heterocycles. The number of hydrogen-bond donors (Lipinski definition) is 1. The van der Waals surface area contributed by atoms with E-state index in [1.165, 1.54) is 11.7 Å². The fourth-order valence-electron chi connectivity index (χ4n) is 3.99. The van der Waals surface area contributed by atoms with E-state index in [1.807, 2.05) is 0 Å². The lowest BCUT2D eigenvalue weighted by atomic mass is 9.46. The number of aromatic nitrogens is 2. The molecule has 0 aliphatic heterocycles. The van der Waals surface area contributed by atoms with Crippen molar-refractivity contribution in [1.82, 2.24) is 15.1 Å². The third-order valence-electron chi connectivity index (χ3n) is 5.61. The maximum absolute atomic E-state index is 13.0. The number of aryl methyl sites for hydroxylation is 1. The zero-order valence-electron chi connectivity index (χ0n) is 13.1. The van der Waals surface area contributed by atoms with E-state index in [4.69, 9.17) is 0 Å². The number of nitrogens with one attached hydrogen (secondary N) is 1. The van der Waals surface area contributed by atoms with Crippen LogP contribution in [0.4, 0.5) is 8.78 Å². The van der Waals surface area contributed by atoms with Gasteiger partial charge < -0.3 is 5.32 Å². The minimum Gasteiger partial charge on any atom is -0.344 e. The molecule has 120 valence electrons. The number of halogens is 2. The molecular formula is C16H21F2N3O. The second kappa shape index (κ2) is 4.89. The molecule has 1 unspecified atom stereocenters. The van der Waals surface area contributed by atoms with Gasteiger partial charge in [0, 0.05) is 7.05 Å². The molecule has 1 N–H and O–H groups in total. The van der Waals surface area contributed by atoms with E-state index in [2.05, 4.69) is 30.8 Å². The SMILES string of the molecule is C=C1C(NC(=O)c2c(C(F)F)cnn2C)C[C@H]2C[C@@H]1C2(C)C. The Morgan fingerprint density at radius 1 is 1.50 bits per heavy atom. The Morgan fingerprint density at radius 3 is 2.73 bits per heavy atom. The Balaban J connectivity index is 1.77. The summed E-state index contributed by atoms with van der Waals surface area (Å²) >= 11 is 0. The lowest BCUT2D eigenvalue weighted by molar-refractivity contribution is -0.0375. The second-order valence-corrected chi connectivity index (χ2v) is 7.02. The van der Waals surface area contributed by atoms with Crippen LogP contribution in [0.2, 0.25) is 0 Å². The van der Waals surface area contributed by atoms with E-state index in [9.17, 15) is 13.6 Å². The number of nitrogens with zero attached hydrogens (tertiary/aromatic N) is 2. The Morgan fingerprint density at radius 2 is 2.18 bits per heavy atom. The molecule has 3 aliphatic rings. The standard InChI is InChI=1S/C16H21F2N3O/c1-8-11-5-9(16(11,2)3)6-12(8)20-15(22)13-10(14(17)18)7-19-21(13)4/h7,9,11-12,14H,1,5-6H2,2-4H3,(H,20,22)/t9-,11+,12?/m1/s1. The van der Waals surface area contributed by atoms with Gasteiger partial charge in [0.1, 0.15) is 5.69 Å². The Labute approximate surface area is 128 Å². The van der Waals surface area contributed by atoms with E-state index >= 15 is 0 Å². The Kier molecular flexibility index (Phi) is 3.38. The van der Waals surface area contributed by atoms with Crippen molar-refractivity contribution in [3.05, 3.63) is 29.6 Å². The molecule has 3 aliphatic carbocycles. The molecule has 4 nitrogen and oxygen atoms in total. The summed E-state index contributed by atoms with van der Waals surface area (Å²) in [6.45, 7) is 8.59. The Hall–Kier alpha value is -1.72. The average molecular weight is 309 g/mol. The predicted octanol–water partition coefficient (Wildman–Crippen LogP) is 3.08. The van der Waals surface area contributed by atoms with Crippen LogP contribution >= 0.6 is 0 Å². The van der Waals surface area contributed by atoms with Gasteiger partial charge in [-0.05, 0) is 30.1 Å². The molecule has 3 fully saturated rings. The van der Waals surface area contributed by atoms with Gasteiger partial charge in [-0.2, -0.15) is 5.10 Å². The van der Waals surface area contributed by atoms with Crippen LogP contribution in [0.1, 0.15) is 49.2 Å². The fourth-order valence-corrected chi connectivity index (χ4v) is 3.99. The van der Waals surface area contributed by atoms with Crippen LogP contribution in [0.5, 0.6) is 0 Å². The van der Waals surface area contributed by atoms with Gasteiger partial charge in [-0.15, -0.1) is 0 Å². The van der Waals surface area contributed by atoms with Crippen molar-refractivity contribution in [2.45, 2.75) is 39.2 Å². The average Bonchev–Trinajstić information content (AvgIpc) is 2.82. The predicted molar refractivity (Wildman–Crippen MR) is 78.6 cm³/mol. The normalized spacial score (nSPS) is 29.4. The highest BCUT2D eigenvalue weighted by Gasteiger charge is 2.54. The number of fused-ring (bicyclic) bond motifs is 2. The maximum atomic E-state index is 13.0. The van der Waals surface area contributed by atoms with Crippen LogP contribution < -0.4 is 5.32 Å². The summed E-state index contributed by atoms with van der Waals surface area (Å²) in [5.41, 5.74) is 0.855. The zero-order valence-corrected chi connectivity index (χ0v) is 13.1. The largest absolute Gasteiger partial charge is 0.344 e. The van der Waals surface area contributed by atoms with Gasteiger partial charge in [-0.25, -0.2) is 8.78 Å². The highest BCUT2D eigenvalue weighted by molar-refractivity contribution is 5.94. The Bertz CT molecular complexity index is 635. The number of rotatable bonds is 3. The third-order valence-corrected chi connectivity index (χ3v) is 5.61. The summed E-state index contributed by atoms with van der Waals surface area (Å²) in [4.78, 5) is 12.4. The molecule has 6 heteroatoms. The lowest BCUT2D eigenvalue weighted by Crippen LogP contribution is -2.57. The number of hydrogen-bond acceptors (Lipinski definition) is 2. The molecular weight excluding hydrogens is 288 g/mol. The van der Waals surface area contributed by atoms with Crippen molar-refractivity contribution in [2.75, 3.05) is 0 Å². The van der Waals surface area contributed by atoms with E-state index in [-0.39, 0.29) is 22.7 Å². The molecule has 22 heavy (non-hydrogen) atoms. The number of carbonyl (C=O) groups excluding carboxylic acids is 1. The monoisotopic (exact) mass is 309 g/mol. The van der Waals surface area contributed by atoms with E-state index in [1.54, 1.807) is 0 Å². The molecule has 0 aromatic carbocycles. The quantitative estimate of drug-likeness (QED) is 0.872. The number of carbonyl (C=O) groups is 1. The highest BCUT2D eigenvalue weighted by Crippen LogP contribution is 2.60. The van der Waals surface area contributed by atoms with Gasteiger partial charge >= 0.3 is 0 Å². The molecule has 1 amide bonds. The smallest absolute Gasteiger partial charge is 0.270 e. The fraction of sp³-hybridized carbons (Fsp3) is 0.625. The number of alkyl halides is 2. The first-order chi connectivity index (χ1) is 10.2. The maximum Gasteiger partial charge on any atom is 0.270 e. The van der Waals surface area contributed by atoms with Crippen molar-refractivity contribution in [2.24, 2.45) is 24.3 Å². The summed E-state index contributed by atoms with van der Waals surface area (Å²) in [6.07, 6.45) is 0.286. The second-order valence-electron chi connectivity index (χ2n) is 7.02. The highest BCUT2D eigenvalue weighted by atomic mass is 19.3. The van der Waals surface area contributed by atoms with Gasteiger partial charge in [0.25, 0.3) is 12.3 Å². The first kappa shape index (κ1) is 15.2. The van der Waals surface area contributed by atoms with Crippen LogP contribution in [-0.2, 0) is 7.05 Å². The van der Waals surface area contributed by atoms with Crippen molar-refractivity contribution < 1.29 is 13.6 Å². The first-order valence-corrected chi connectivity index (χ1v) is 7.53. The van der Waals surface area contributed by atoms with Gasteiger partial charge in [-0.1, -0.05) is 26.0 Å².